The van der Waals surface area contributed by atoms with Crippen LogP contribution in [0.1, 0.15) is 46.0 Å². The highest BCUT2D eigenvalue weighted by Crippen LogP contribution is 2.86. The van der Waals surface area contributed by atoms with E-state index < -0.39 is 8.80 Å². The van der Waals surface area contributed by atoms with Gasteiger partial charge in [-0.05, 0) is 48.9 Å². The molecule has 5 aliphatic carbocycles. The van der Waals surface area contributed by atoms with Crippen molar-refractivity contribution in [2.45, 2.75) is 63.7 Å². The van der Waals surface area contributed by atoms with Crippen LogP contribution in [0.2, 0.25) is 6.04 Å². The molecule has 4 bridgehead atoms. The first-order valence-corrected chi connectivity index (χ1v) is 10.5. The Hall–Kier alpha value is 0.0969. The maximum Gasteiger partial charge on any atom is 0.501 e. The standard InChI is InChI=1S/C16H26O3Si/c1-4-7-20(17-3)18-12-5-6-15-9-11-8-10(2)13(15)16(11,19-20)14(12)15/h10-14H,4-9H2,1-3H3. The van der Waals surface area contributed by atoms with Crippen LogP contribution in [0.15, 0.2) is 0 Å². The summed E-state index contributed by atoms with van der Waals surface area (Å²) in [5, 5.41) is 0. The van der Waals surface area contributed by atoms with Crippen LogP contribution in [0, 0.1) is 29.1 Å². The van der Waals surface area contributed by atoms with Gasteiger partial charge in [0.15, 0.2) is 0 Å². The molecular formula is C16H26O3Si. The van der Waals surface area contributed by atoms with E-state index in [4.69, 9.17) is 13.3 Å². The van der Waals surface area contributed by atoms with E-state index in [2.05, 4.69) is 13.8 Å². The molecule has 1 heterocycles. The Morgan fingerprint density at radius 2 is 2.20 bits per heavy atom. The van der Waals surface area contributed by atoms with E-state index in [1.165, 1.54) is 25.7 Å². The molecule has 3 nitrogen and oxygen atoms in total. The summed E-state index contributed by atoms with van der Waals surface area (Å²) in [6, 6.07) is 0.995. The van der Waals surface area contributed by atoms with Crippen LogP contribution in [-0.4, -0.2) is 27.6 Å². The van der Waals surface area contributed by atoms with Gasteiger partial charge in [-0.15, -0.1) is 0 Å². The van der Waals surface area contributed by atoms with Gasteiger partial charge in [-0.1, -0.05) is 20.3 Å². The van der Waals surface area contributed by atoms with Crippen LogP contribution in [0.25, 0.3) is 0 Å². The Morgan fingerprint density at radius 3 is 2.95 bits per heavy atom. The average Bonchev–Trinajstić information content (AvgIpc) is 3.01. The van der Waals surface area contributed by atoms with E-state index in [0.717, 1.165) is 30.2 Å². The Labute approximate surface area is 122 Å². The summed E-state index contributed by atoms with van der Waals surface area (Å²) in [6.45, 7) is 4.68. The predicted molar refractivity (Wildman–Crippen MR) is 77.1 cm³/mol. The molecule has 1 aliphatic heterocycles. The highest BCUT2D eigenvalue weighted by atomic mass is 28.4. The van der Waals surface area contributed by atoms with Crippen LogP contribution in [0.5, 0.6) is 0 Å². The van der Waals surface area contributed by atoms with Crippen molar-refractivity contribution < 1.29 is 13.3 Å². The van der Waals surface area contributed by atoms with Gasteiger partial charge in [0, 0.05) is 19.1 Å². The first kappa shape index (κ1) is 12.6. The highest BCUT2D eigenvalue weighted by Gasteiger charge is 2.89. The highest BCUT2D eigenvalue weighted by molar-refractivity contribution is 6.61. The van der Waals surface area contributed by atoms with Crippen LogP contribution in [-0.2, 0) is 13.3 Å². The second-order valence-electron chi connectivity index (χ2n) is 8.09. The molecule has 5 saturated carbocycles. The van der Waals surface area contributed by atoms with Crippen molar-refractivity contribution in [1.29, 1.82) is 0 Å². The van der Waals surface area contributed by atoms with Crippen LogP contribution in [0.4, 0.5) is 0 Å². The Bertz CT molecular complexity index is 461. The van der Waals surface area contributed by atoms with Crippen molar-refractivity contribution in [3.63, 3.8) is 0 Å². The first-order valence-electron chi connectivity index (χ1n) is 8.55. The van der Waals surface area contributed by atoms with Gasteiger partial charge < -0.3 is 13.3 Å². The molecule has 2 spiro atoms. The van der Waals surface area contributed by atoms with E-state index in [0.29, 0.717) is 17.4 Å². The monoisotopic (exact) mass is 294 g/mol. The molecule has 0 aromatic heterocycles. The van der Waals surface area contributed by atoms with Gasteiger partial charge in [0.05, 0.1) is 11.7 Å². The number of hydrogen-bond acceptors (Lipinski definition) is 3. The Balaban J connectivity index is 1.60. The molecule has 0 amide bonds. The van der Waals surface area contributed by atoms with Crippen LogP contribution in [0.3, 0.4) is 0 Å². The SMILES string of the molecule is CCC[Si]1(OC)OC2CCC34CC5CC(C)C3C5(O1)C24. The van der Waals surface area contributed by atoms with E-state index in [-0.39, 0.29) is 5.60 Å². The average molecular weight is 294 g/mol. The van der Waals surface area contributed by atoms with Crippen molar-refractivity contribution in [3.05, 3.63) is 0 Å². The lowest BCUT2D eigenvalue weighted by atomic mass is 9.49. The van der Waals surface area contributed by atoms with Crippen LogP contribution < -0.4 is 0 Å². The molecule has 8 unspecified atom stereocenters. The summed E-state index contributed by atoms with van der Waals surface area (Å²) in [5.41, 5.74) is 0.781. The van der Waals surface area contributed by atoms with Gasteiger partial charge >= 0.3 is 8.80 Å². The van der Waals surface area contributed by atoms with Crippen molar-refractivity contribution >= 4 is 8.80 Å². The predicted octanol–water partition coefficient (Wildman–Crippen LogP) is 3.22. The molecule has 0 N–H and O–H groups in total. The van der Waals surface area contributed by atoms with Gasteiger partial charge in [-0.3, -0.25) is 0 Å². The quantitative estimate of drug-likeness (QED) is 0.748. The lowest BCUT2D eigenvalue weighted by molar-refractivity contribution is -0.251. The summed E-state index contributed by atoms with van der Waals surface area (Å²) in [7, 11) is -0.591. The van der Waals surface area contributed by atoms with Crippen molar-refractivity contribution in [1.82, 2.24) is 0 Å². The largest absolute Gasteiger partial charge is 0.501 e. The van der Waals surface area contributed by atoms with Crippen molar-refractivity contribution in [2.75, 3.05) is 7.11 Å². The molecule has 6 rings (SSSR count). The summed E-state index contributed by atoms with van der Waals surface area (Å²) in [5.74, 6) is 3.19. The fourth-order valence-electron chi connectivity index (χ4n) is 7.55. The third kappa shape index (κ3) is 1.05. The zero-order chi connectivity index (χ0) is 13.8. The summed E-state index contributed by atoms with van der Waals surface area (Å²) < 4.78 is 19.3. The number of rotatable bonds is 3. The van der Waals surface area contributed by atoms with E-state index in [9.17, 15) is 0 Å². The summed E-state index contributed by atoms with van der Waals surface area (Å²) in [6.07, 6.45) is 7.01. The maximum absolute atomic E-state index is 6.87. The molecule has 20 heavy (non-hydrogen) atoms. The van der Waals surface area contributed by atoms with Gasteiger partial charge in [-0.25, -0.2) is 0 Å². The zero-order valence-electron chi connectivity index (χ0n) is 12.9. The molecule has 4 heteroatoms. The zero-order valence-corrected chi connectivity index (χ0v) is 13.9. The third-order valence-electron chi connectivity index (χ3n) is 7.50. The van der Waals surface area contributed by atoms with Gasteiger partial charge in [0.25, 0.3) is 0 Å². The second-order valence-corrected chi connectivity index (χ2v) is 10.8. The minimum absolute atomic E-state index is 0.177. The van der Waals surface area contributed by atoms with E-state index in [1.54, 1.807) is 0 Å². The fraction of sp³-hybridized carbons (Fsp3) is 1.00. The minimum atomic E-state index is -2.41. The third-order valence-corrected chi connectivity index (χ3v) is 10.6. The lowest BCUT2D eigenvalue weighted by Crippen LogP contribution is -2.74. The topological polar surface area (TPSA) is 27.7 Å². The molecule has 0 radical (unpaired) electrons. The number of hydrogen-bond donors (Lipinski definition) is 0. The molecule has 0 aromatic rings. The van der Waals surface area contributed by atoms with Gasteiger partial charge in [0.2, 0.25) is 0 Å². The lowest BCUT2D eigenvalue weighted by Gasteiger charge is -2.64. The molecule has 6 aliphatic rings. The molecule has 0 aromatic carbocycles. The molecule has 112 valence electrons. The van der Waals surface area contributed by atoms with Gasteiger partial charge in [-0.2, -0.15) is 0 Å². The maximum atomic E-state index is 6.87. The Morgan fingerprint density at radius 1 is 1.35 bits per heavy atom. The van der Waals surface area contributed by atoms with E-state index in [1.807, 2.05) is 7.11 Å². The van der Waals surface area contributed by atoms with Crippen LogP contribution >= 0.6 is 0 Å². The molecule has 1 saturated heterocycles. The first-order chi connectivity index (χ1) is 9.62. The fourth-order valence-corrected chi connectivity index (χ4v) is 10.5. The summed E-state index contributed by atoms with van der Waals surface area (Å²) >= 11 is 0. The van der Waals surface area contributed by atoms with E-state index >= 15 is 0 Å². The Kier molecular flexibility index (Phi) is 2.23. The smallest absolute Gasteiger partial charge is 0.377 e. The normalized spacial score (nSPS) is 65.2. The van der Waals surface area contributed by atoms with Crippen molar-refractivity contribution in [2.24, 2.45) is 29.1 Å². The van der Waals surface area contributed by atoms with Crippen molar-refractivity contribution in [3.8, 4) is 0 Å². The minimum Gasteiger partial charge on any atom is -0.377 e. The second kappa shape index (κ2) is 3.53. The summed E-state index contributed by atoms with van der Waals surface area (Å²) in [4.78, 5) is 0. The van der Waals surface area contributed by atoms with Gasteiger partial charge in [0.1, 0.15) is 0 Å². The molecule has 8 atom stereocenters. The molecule has 6 fully saturated rings. The molecular weight excluding hydrogens is 268 g/mol.